The first-order valence-electron chi connectivity index (χ1n) is 13.2. The summed E-state index contributed by atoms with van der Waals surface area (Å²) in [5.41, 5.74) is -0.639. The third-order valence-corrected chi connectivity index (χ3v) is 8.41. The quantitative estimate of drug-likeness (QED) is 0.172. The molecule has 0 saturated heterocycles. The molecule has 0 fully saturated rings. The number of aliphatic hydroxyl groups is 2. The number of carbonyl (C=O) groups is 2. The predicted molar refractivity (Wildman–Crippen MR) is 158 cm³/mol. The fraction of sp³-hybridized carbons (Fsp3) is 0.310. The van der Waals surface area contributed by atoms with Gasteiger partial charge in [0.25, 0.3) is 11.8 Å². The van der Waals surface area contributed by atoms with E-state index < -0.39 is 17.1 Å². The lowest BCUT2D eigenvalue weighted by atomic mass is 9.96. The van der Waals surface area contributed by atoms with Crippen LogP contribution in [0.3, 0.4) is 0 Å². The van der Waals surface area contributed by atoms with Gasteiger partial charge < -0.3 is 10.2 Å². The van der Waals surface area contributed by atoms with Gasteiger partial charge in [0.05, 0.1) is 5.57 Å². The molecule has 2 heterocycles. The maximum Gasteiger partial charge on any atom is 0.258 e. The van der Waals surface area contributed by atoms with Crippen LogP contribution in [-0.2, 0) is 35.3 Å². The number of amides is 2. The summed E-state index contributed by atoms with van der Waals surface area (Å²) in [6, 6.07) is 18.9. The Labute approximate surface area is 245 Å². The molecule has 41 heavy (non-hydrogen) atoms. The first-order chi connectivity index (χ1) is 19.7. The highest BCUT2D eigenvalue weighted by atomic mass is 32.1. The van der Waals surface area contributed by atoms with Crippen molar-refractivity contribution in [1.82, 2.24) is 20.4 Å². The number of hydrogen-bond acceptors (Lipinski definition) is 10. The number of aromatic nitrogens is 4. The Morgan fingerprint density at radius 1 is 0.829 bits per heavy atom. The van der Waals surface area contributed by atoms with Crippen molar-refractivity contribution < 1.29 is 19.8 Å². The summed E-state index contributed by atoms with van der Waals surface area (Å²) in [6.45, 7) is 1.48. The molecule has 10 nitrogen and oxygen atoms in total. The van der Waals surface area contributed by atoms with Crippen molar-refractivity contribution in [3.63, 3.8) is 0 Å². The number of aryl methyl sites for hydroxylation is 2. The number of nitrogens with zero attached hydrogens (tertiary/aromatic N) is 4. The highest BCUT2D eigenvalue weighted by Crippen LogP contribution is 2.38. The first-order valence-corrected chi connectivity index (χ1v) is 14.9. The fourth-order valence-electron chi connectivity index (χ4n) is 4.35. The van der Waals surface area contributed by atoms with Gasteiger partial charge >= 0.3 is 0 Å². The van der Waals surface area contributed by atoms with Crippen LogP contribution in [0.4, 0.5) is 10.3 Å². The summed E-state index contributed by atoms with van der Waals surface area (Å²) < 4.78 is 0. The molecule has 0 radical (unpaired) electrons. The SMILES string of the molecule is C[C@](O)(Cc1ccccc1)C(=O)Nc1nnc(CCCCc2nnc(NC(=O)C3=C[C@]3(O)Cc3ccccc3)s2)s1. The van der Waals surface area contributed by atoms with Gasteiger partial charge in [-0.15, -0.1) is 20.4 Å². The van der Waals surface area contributed by atoms with Crippen LogP contribution in [0.2, 0.25) is 0 Å². The zero-order valence-electron chi connectivity index (χ0n) is 22.4. The molecule has 2 aromatic heterocycles. The minimum absolute atomic E-state index is 0.191. The van der Waals surface area contributed by atoms with Gasteiger partial charge in [0.15, 0.2) is 0 Å². The van der Waals surface area contributed by atoms with E-state index in [1.807, 2.05) is 60.7 Å². The second-order valence-electron chi connectivity index (χ2n) is 10.2. The topological polar surface area (TPSA) is 150 Å². The summed E-state index contributed by atoms with van der Waals surface area (Å²) in [7, 11) is 0. The molecule has 0 saturated carbocycles. The highest BCUT2D eigenvalue weighted by molar-refractivity contribution is 7.15. The molecule has 1 aliphatic rings. The molecular formula is C29H30N6O4S2. The predicted octanol–water partition coefficient (Wildman–Crippen LogP) is 3.74. The van der Waals surface area contributed by atoms with Crippen LogP contribution in [0.15, 0.2) is 72.3 Å². The zero-order valence-corrected chi connectivity index (χ0v) is 24.0. The summed E-state index contributed by atoms with van der Waals surface area (Å²) in [5.74, 6) is -0.894. The second kappa shape index (κ2) is 12.4. The van der Waals surface area contributed by atoms with E-state index >= 15 is 0 Å². The highest BCUT2D eigenvalue weighted by Gasteiger charge is 2.46. The van der Waals surface area contributed by atoms with Crippen molar-refractivity contribution in [2.75, 3.05) is 10.6 Å². The molecule has 1 aliphatic carbocycles. The lowest BCUT2D eigenvalue weighted by Crippen LogP contribution is -2.42. The Morgan fingerprint density at radius 3 is 1.95 bits per heavy atom. The van der Waals surface area contributed by atoms with Gasteiger partial charge in [-0.25, -0.2) is 0 Å². The van der Waals surface area contributed by atoms with Gasteiger partial charge in [-0.2, -0.15) is 0 Å². The molecule has 0 spiro atoms. The Hall–Kier alpha value is -3.84. The number of hydrogen-bond donors (Lipinski definition) is 4. The summed E-state index contributed by atoms with van der Waals surface area (Å²) in [6.07, 6.45) is 5.15. The molecule has 0 bridgehead atoms. The summed E-state index contributed by atoms with van der Waals surface area (Å²) >= 11 is 2.60. The van der Waals surface area contributed by atoms with E-state index in [1.54, 1.807) is 6.08 Å². The molecule has 2 aromatic carbocycles. The van der Waals surface area contributed by atoms with E-state index in [0.717, 1.165) is 34.0 Å². The third-order valence-electron chi connectivity index (χ3n) is 6.61. The van der Waals surface area contributed by atoms with E-state index in [1.165, 1.54) is 29.6 Å². The third kappa shape index (κ3) is 7.67. The number of anilines is 2. The van der Waals surface area contributed by atoms with Gasteiger partial charge in [0.2, 0.25) is 10.3 Å². The van der Waals surface area contributed by atoms with Crippen LogP contribution < -0.4 is 10.6 Å². The Morgan fingerprint density at radius 2 is 1.37 bits per heavy atom. The molecule has 212 valence electrons. The zero-order chi connectivity index (χ0) is 28.9. The minimum atomic E-state index is -1.58. The maximum absolute atomic E-state index is 12.6. The number of rotatable bonds is 13. The molecule has 4 N–H and O–H groups in total. The van der Waals surface area contributed by atoms with Crippen LogP contribution in [0.25, 0.3) is 0 Å². The van der Waals surface area contributed by atoms with Crippen LogP contribution in [0.5, 0.6) is 0 Å². The number of nitrogens with one attached hydrogen (secondary N) is 2. The van der Waals surface area contributed by atoms with Crippen molar-refractivity contribution in [2.45, 2.75) is 56.7 Å². The Bertz CT molecular complexity index is 1540. The van der Waals surface area contributed by atoms with Gasteiger partial charge in [-0.1, -0.05) is 83.3 Å². The van der Waals surface area contributed by atoms with Crippen molar-refractivity contribution in [1.29, 1.82) is 0 Å². The summed E-state index contributed by atoms with van der Waals surface area (Å²) in [5, 5.41) is 45.4. The van der Waals surface area contributed by atoms with Crippen molar-refractivity contribution in [3.8, 4) is 0 Å². The summed E-state index contributed by atoms with van der Waals surface area (Å²) in [4.78, 5) is 25.2. The van der Waals surface area contributed by atoms with Crippen molar-refractivity contribution in [2.24, 2.45) is 0 Å². The van der Waals surface area contributed by atoms with E-state index in [-0.39, 0.29) is 12.3 Å². The molecule has 0 aliphatic heterocycles. The van der Waals surface area contributed by atoms with E-state index in [9.17, 15) is 19.8 Å². The molecule has 5 rings (SSSR count). The molecule has 2 amide bonds. The number of carbonyl (C=O) groups excluding carboxylic acids is 2. The smallest absolute Gasteiger partial charge is 0.258 e. The van der Waals surface area contributed by atoms with Gasteiger partial charge in [0.1, 0.15) is 21.2 Å². The van der Waals surface area contributed by atoms with E-state index in [0.29, 0.717) is 35.1 Å². The maximum atomic E-state index is 12.6. The molecular weight excluding hydrogens is 560 g/mol. The molecule has 4 aromatic rings. The van der Waals surface area contributed by atoms with Gasteiger partial charge in [0, 0.05) is 25.7 Å². The van der Waals surface area contributed by atoms with Crippen LogP contribution in [-0.4, -0.2) is 53.6 Å². The van der Waals surface area contributed by atoms with Crippen LogP contribution in [0.1, 0.15) is 40.9 Å². The largest absolute Gasteiger partial charge is 0.380 e. The normalized spacial score (nSPS) is 17.4. The van der Waals surface area contributed by atoms with E-state index in [2.05, 4.69) is 31.0 Å². The monoisotopic (exact) mass is 590 g/mol. The fourth-order valence-corrected chi connectivity index (χ4v) is 5.90. The van der Waals surface area contributed by atoms with Crippen molar-refractivity contribution in [3.05, 3.63) is 93.5 Å². The number of unbranched alkanes of at least 4 members (excludes halogenated alkanes) is 1. The number of benzene rings is 2. The Kier molecular flexibility index (Phi) is 8.64. The lowest BCUT2D eigenvalue weighted by Gasteiger charge is -2.21. The van der Waals surface area contributed by atoms with Gasteiger partial charge in [-0.05, 0) is 37.0 Å². The molecule has 2 atom stereocenters. The van der Waals surface area contributed by atoms with Crippen LogP contribution in [0, 0.1) is 0 Å². The van der Waals surface area contributed by atoms with Crippen molar-refractivity contribution >= 4 is 44.8 Å². The average Bonchev–Trinajstić information content (AvgIpc) is 3.24. The average molecular weight is 591 g/mol. The van der Waals surface area contributed by atoms with Crippen LogP contribution >= 0.6 is 22.7 Å². The molecule has 12 heteroatoms. The second-order valence-corrected chi connectivity index (χ2v) is 12.3. The first kappa shape index (κ1) is 28.7. The van der Waals surface area contributed by atoms with Gasteiger partial charge in [-0.3, -0.25) is 20.2 Å². The minimum Gasteiger partial charge on any atom is -0.380 e. The lowest BCUT2D eigenvalue weighted by molar-refractivity contribution is -0.132. The molecule has 0 unspecified atom stereocenters. The standard InChI is InChI=1S/C29H30N6O4S2/c1-28(38,16-19-10-4-2-5-11-19)25(37)31-27-35-33-23(41-27)15-9-8-14-22-32-34-26(40-22)30-24(36)21-18-29(21,39)17-20-12-6-3-7-13-20/h2-7,10-13,18,38-39H,8-9,14-17H2,1H3,(H,30,34,36)(H,31,35,37)/t28-,29+/m0/s1. The van der Waals surface area contributed by atoms with E-state index in [4.69, 9.17) is 0 Å². The Balaban J connectivity index is 1.02.